The van der Waals surface area contributed by atoms with Crippen LogP contribution in [-0.2, 0) is 4.79 Å². The molecule has 3 unspecified atom stereocenters. The molecule has 2 heterocycles. The number of hydrogen-bond donors (Lipinski definition) is 3. The second-order valence-corrected chi connectivity index (χ2v) is 7.26. The molecule has 2 aromatic rings. The summed E-state index contributed by atoms with van der Waals surface area (Å²) < 4.78 is 5.72. The predicted molar refractivity (Wildman–Crippen MR) is 107 cm³/mol. The predicted octanol–water partition coefficient (Wildman–Crippen LogP) is 0.646. The molecule has 2 aliphatic rings. The number of thiocarbonyl (C=S) groups is 1. The molecular weight excluding hydrogens is 380 g/mol. The molecule has 2 fully saturated rings. The van der Waals surface area contributed by atoms with Crippen LogP contribution in [0, 0.1) is 0 Å². The fraction of sp³-hybridized carbons (Fsp3) is 0.316. The minimum Gasteiger partial charge on any atom is -0.491 e. The van der Waals surface area contributed by atoms with Gasteiger partial charge in [0.05, 0.1) is 6.54 Å². The van der Waals surface area contributed by atoms with Crippen LogP contribution < -0.4 is 15.4 Å². The maximum Gasteiger partial charge on any atom is 0.325 e. The Balaban J connectivity index is 1.40. The molecule has 0 radical (unpaired) electrons. The van der Waals surface area contributed by atoms with Crippen LogP contribution in [0.1, 0.15) is 0 Å². The highest BCUT2D eigenvalue weighted by atomic mass is 32.1. The van der Waals surface area contributed by atoms with E-state index in [-0.39, 0.29) is 13.2 Å². The SMILES string of the molecule is CN1C(=O)NC(=O)C2C1NC(=S)N2CC(O)COc1ccc2ccccc2c1. The number of ether oxygens (including phenoxy) is 1. The Morgan fingerprint density at radius 2 is 1.96 bits per heavy atom. The Morgan fingerprint density at radius 1 is 1.21 bits per heavy atom. The van der Waals surface area contributed by atoms with Gasteiger partial charge in [-0.15, -0.1) is 0 Å². The lowest BCUT2D eigenvalue weighted by atomic mass is 10.1. The van der Waals surface area contributed by atoms with E-state index in [1.165, 1.54) is 4.90 Å². The Bertz CT molecular complexity index is 952. The molecule has 3 amide bonds. The van der Waals surface area contributed by atoms with Crippen molar-refractivity contribution >= 4 is 40.0 Å². The third-order valence-electron chi connectivity index (χ3n) is 4.97. The van der Waals surface area contributed by atoms with Crippen LogP contribution in [0.15, 0.2) is 42.5 Å². The van der Waals surface area contributed by atoms with Crippen molar-refractivity contribution in [2.24, 2.45) is 0 Å². The lowest BCUT2D eigenvalue weighted by Gasteiger charge is -2.35. The number of hydrogen-bond acceptors (Lipinski definition) is 5. The average molecular weight is 400 g/mol. The van der Waals surface area contributed by atoms with Gasteiger partial charge in [0.2, 0.25) is 0 Å². The van der Waals surface area contributed by atoms with Crippen LogP contribution in [0.25, 0.3) is 10.8 Å². The number of aliphatic hydroxyl groups excluding tert-OH is 1. The van der Waals surface area contributed by atoms with Crippen LogP contribution in [0.4, 0.5) is 4.79 Å². The van der Waals surface area contributed by atoms with Gasteiger partial charge in [0.25, 0.3) is 5.91 Å². The largest absolute Gasteiger partial charge is 0.491 e. The van der Waals surface area contributed by atoms with Gasteiger partial charge >= 0.3 is 6.03 Å². The van der Waals surface area contributed by atoms with Crippen molar-refractivity contribution in [2.75, 3.05) is 20.2 Å². The first-order valence-corrected chi connectivity index (χ1v) is 9.29. The molecule has 3 N–H and O–H groups in total. The van der Waals surface area contributed by atoms with Crippen molar-refractivity contribution in [3.63, 3.8) is 0 Å². The number of rotatable bonds is 5. The zero-order valence-corrected chi connectivity index (χ0v) is 16.0. The number of carbonyl (C=O) groups excluding carboxylic acids is 2. The van der Waals surface area contributed by atoms with Gasteiger partial charge in [0, 0.05) is 7.05 Å². The highest BCUT2D eigenvalue weighted by molar-refractivity contribution is 7.80. The topological polar surface area (TPSA) is 94.1 Å². The lowest BCUT2D eigenvalue weighted by molar-refractivity contribution is -0.127. The Kier molecular flexibility index (Phi) is 4.78. The number of β-amino-alcohol motifs (C(OH)–C–C–N with tert-alkyl or cyclic N) is 1. The molecule has 0 spiro atoms. The Morgan fingerprint density at radius 3 is 2.75 bits per heavy atom. The van der Waals surface area contributed by atoms with Gasteiger partial charge < -0.3 is 25.0 Å². The molecular formula is C19H20N4O4S. The molecule has 9 heteroatoms. The van der Waals surface area contributed by atoms with E-state index in [9.17, 15) is 14.7 Å². The standard InChI is InChI=1S/C19H20N4O4S/c1-22-16-15(17(25)21-18(22)26)23(19(28)20-16)9-13(24)10-27-14-7-6-11-4-2-3-5-12(11)8-14/h2-8,13,15-16,24H,9-10H2,1H3,(H,20,28)(H,21,25,26). The van der Waals surface area contributed by atoms with E-state index >= 15 is 0 Å². The molecule has 28 heavy (non-hydrogen) atoms. The third kappa shape index (κ3) is 3.34. The van der Waals surface area contributed by atoms with Crippen molar-refractivity contribution in [3.05, 3.63) is 42.5 Å². The summed E-state index contributed by atoms with van der Waals surface area (Å²) in [6.45, 7) is 0.154. The normalized spacial score (nSPS) is 22.7. The summed E-state index contributed by atoms with van der Waals surface area (Å²) in [7, 11) is 1.58. The van der Waals surface area contributed by atoms with Crippen molar-refractivity contribution in [2.45, 2.75) is 18.3 Å². The summed E-state index contributed by atoms with van der Waals surface area (Å²) in [5.41, 5.74) is 0. The molecule has 0 aliphatic carbocycles. The van der Waals surface area contributed by atoms with Crippen molar-refractivity contribution in [1.82, 2.24) is 20.4 Å². The number of aliphatic hydroxyl groups is 1. The number of nitrogens with one attached hydrogen (secondary N) is 2. The number of carbonyl (C=O) groups is 2. The van der Waals surface area contributed by atoms with Crippen LogP contribution >= 0.6 is 12.2 Å². The van der Waals surface area contributed by atoms with E-state index in [0.29, 0.717) is 10.9 Å². The molecule has 3 atom stereocenters. The molecule has 2 aliphatic heterocycles. The summed E-state index contributed by atoms with van der Waals surface area (Å²) >= 11 is 5.29. The summed E-state index contributed by atoms with van der Waals surface area (Å²) in [6, 6.07) is 12.5. The Hall–Kier alpha value is -2.91. The minimum absolute atomic E-state index is 0.0469. The number of fused-ring (bicyclic) bond motifs is 2. The highest BCUT2D eigenvalue weighted by Gasteiger charge is 2.49. The quantitative estimate of drug-likeness (QED) is 0.635. The molecule has 2 aromatic carbocycles. The molecule has 2 saturated heterocycles. The molecule has 4 rings (SSSR count). The number of urea groups is 1. The van der Waals surface area contributed by atoms with E-state index in [1.54, 1.807) is 11.9 Å². The maximum atomic E-state index is 12.3. The van der Waals surface area contributed by atoms with Crippen LogP contribution in [-0.4, -0.2) is 70.5 Å². The summed E-state index contributed by atoms with van der Waals surface area (Å²) in [4.78, 5) is 27.0. The zero-order valence-electron chi connectivity index (χ0n) is 15.2. The number of amides is 3. The molecule has 0 aromatic heterocycles. The lowest BCUT2D eigenvalue weighted by Crippen LogP contribution is -2.65. The number of imide groups is 1. The summed E-state index contributed by atoms with van der Waals surface area (Å²) in [5, 5.41) is 18.2. The number of likely N-dealkylation sites (N-methyl/N-ethyl adjacent to an activating group) is 1. The van der Waals surface area contributed by atoms with Crippen molar-refractivity contribution in [1.29, 1.82) is 0 Å². The second-order valence-electron chi connectivity index (χ2n) is 6.87. The fourth-order valence-corrected chi connectivity index (χ4v) is 3.81. The van der Waals surface area contributed by atoms with Gasteiger partial charge in [-0.05, 0) is 35.1 Å². The van der Waals surface area contributed by atoms with E-state index in [4.69, 9.17) is 17.0 Å². The first kappa shape index (κ1) is 18.5. The van der Waals surface area contributed by atoms with Gasteiger partial charge in [-0.1, -0.05) is 30.3 Å². The van der Waals surface area contributed by atoms with E-state index < -0.39 is 30.2 Å². The molecule has 0 bridgehead atoms. The number of nitrogens with zero attached hydrogens (tertiary/aromatic N) is 2. The van der Waals surface area contributed by atoms with Crippen molar-refractivity contribution in [3.8, 4) is 5.75 Å². The van der Waals surface area contributed by atoms with E-state index in [1.807, 2.05) is 42.5 Å². The number of benzene rings is 2. The zero-order chi connectivity index (χ0) is 19.8. The Labute approximate surface area is 167 Å². The van der Waals surface area contributed by atoms with Gasteiger partial charge in [0.15, 0.2) is 5.11 Å². The van der Waals surface area contributed by atoms with Crippen LogP contribution in [0.5, 0.6) is 5.75 Å². The maximum absolute atomic E-state index is 12.3. The van der Waals surface area contributed by atoms with Gasteiger partial charge in [-0.2, -0.15) is 0 Å². The minimum atomic E-state index is -0.874. The van der Waals surface area contributed by atoms with Gasteiger partial charge in [-0.25, -0.2) is 4.79 Å². The smallest absolute Gasteiger partial charge is 0.325 e. The molecule has 146 valence electrons. The van der Waals surface area contributed by atoms with Gasteiger partial charge in [0.1, 0.15) is 30.7 Å². The van der Waals surface area contributed by atoms with Crippen LogP contribution in [0.3, 0.4) is 0 Å². The fourth-order valence-electron chi connectivity index (χ4n) is 3.50. The van der Waals surface area contributed by atoms with Crippen LogP contribution in [0.2, 0.25) is 0 Å². The molecule has 0 saturated carbocycles. The first-order valence-electron chi connectivity index (χ1n) is 8.88. The first-order chi connectivity index (χ1) is 13.4. The third-order valence-corrected chi connectivity index (χ3v) is 5.33. The summed E-state index contributed by atoms with van der Waals surface area (Å²) in [5.74, 6) is 0.210. The van der Waals surface area contributed by atoms with E-state index in [2.05, 4.69) is 10.6 Å². The summed E-state index contributed by atoms with van der Waals surface area (Å²) in [6.07, 6.45) is -1.43. The van der Waals surface area contributed by atoms with E-state index in [0.717, 1.165) is 10.8 Å². The molecule has 8 nitrogen and oxygen atoms in total. The monoisotopic (exact) mass is 400 g/mol. The van der Waals surface area contributed by atoms with Crippen molar-refractivity contribution < 1.29 is 19.4 Å². The second kappa shape index (κ2) is 7.25. The highest BCUT2D eigenvalue weighted by Crippen LogP contribution is 2.22. The van der Waals surface area contributed by atoms with Gasteiger partial charge in [-0.3, -0.25) is 10.1 Å². The average Bonchev–Trinajstić information content (AvgIpc) is 3.01.